The highest BCUT2D eigenvalue weighted by atomic mass is 19.1. The van der Waals surface area contributed by atoms with E-state index in [1.807, 2.05) is 0 Å². The van der Waals surface area contributed by atoms with Gasteiger partial charge in [-0.05, 0) is 31.4 Å². The topological polar surface area (TPSA) is 59.2 Å². The van der Waals surface area contributed by atoms with E-state index in [1.54, 1.807) is 17.0 Å². The maximum Gasteiger partial charge on any atom is 0.256 e. The van der Waals surface area contributed by atoms with Crippen LogP contribution in [0.15, 0.2) is 28.8 Å². The largest absolute Gasteiger partial charge is 0.339 e. The summed E-state index contributed by atoms with van der Waals surface area (Å²) >= 11 is 0. The average Bonchev–Trinajstić information content (AvgIpc) is 3.33. The van der Waals surface area contributed by atoms with Crippen molar-refractivity contribution < 1.29 is 13.7 Å². The molecular weight excluding hydrogens is 309 g/mol. The van der Waals surface area contributed by atoms with Gasteiger partial charge in [0, 0.05) is 19.0 Å². The molecule has 1 saturated carbocycles. The number of carbonyl (C=O) groups excluding carboxylic acids is 1. The van der Waals surface area contributed by atoms with Gasteiger partial charge in [0.05, 0.1) is 11.5 Å². The van der Waals surface area contributed by atoms with Crippen molar-refractivity contribution in [2.45, 2.75) is 43.9 Å². The summed E-state index contributed by atoms with van der Waals surface area (Å²) in [5, 5.41) is 4.14. The van der Waals surface area contributed by atoms with Crippen molar-refractivity contribution in [3.05, 3.63) is 47.4 Å². The van der Waals surface area contributed by atoms with Gasteiger partial charge < -0.3 is 9.42 Å². The van der Waals surface area contributed by atoms with E-state index in [9.17, 15) is 9.18 Å². The molecule has 1 atom stereocenters. The Labute approximate surface area is 139 Å². The molecule has 1 aromatic heterocycles. The molecule has 2 fully saturated rings. The molecule has 1 aliphatic heterocycles. The zero-order chi connectivity index (χ0) is 16.5. The van der Waals surface area contributed by atoms with Crippen molar-refractivity contribution in [1.29, 1.82) is 0 Å². The second kappa shape index (κ2) is 6.34. The van der Waals surface area contributed by atoms with Gasteiger partial charge in [-0.25, -0.2) is 4.39 Å². The maximum absolute atomic E-state index is 13.8. The second-order valence-corrected chi connectivity index (χ2v) is 6.69. The fourth-order valence-corrected chi connectivity index (χ4v) is 3.71. The fourth-order valence-electron chi connectivity index (χ4n) is 3.71. The smallest absolute Gasteiger partial charge is 0.256 e. The first kappa shape index (κ1) is 15.3. The van der Waals surface area contributed by atoms with Crippen LogP contribution in [0.1, 0.15) is 66.0 Å². The molecule has 4 rings (SSSR count). The Bertz CT molecular complexity index is 739. The van der Waals surface area contributed by atoms with Crippen LogP contribution in [0.4, 0.5) is 4.39 Å². The van der Waals surface area contributed by atoms with Crippen LogP contribution in [0, 0.1) is 5.82 Å². The van der Waals surface area contributed by atoms with Gasteiger partial charge in [-0.2, -0.15) is 4.98 Å². The van der Waals surface area contributed by atoms with Gasteiger partial charge in [-0.15, -0.1) is 0 Å². The molecule has 0 radical (unpaired) electrons. The van der Waals surface area contributed by atoms with Gasteiger partial charge in [-0.3, -0.25) is 4.79 Å². The Morgan fingerprint density at radius 3 is 2.75 bits per heavy atom. The van der Waals surface area contributed by atoms with E-state index in [1.165, 1.54) is 25.0 Å². The molecule has 2 heterocycles. The summed E-state index contributed by atoms with van der Waals surface area (Å²) in [5.74, 6) is 1.13. The third kappa shape index (κ3) is 2.81. The van der Waals surface area contributed by atoms with Crippen LogP contribution in [0.5, 0.6) is 0 Å². The van der Waals surface area contributed by atoms with E-state index >= 15 is 0 Å². The Kier molecular flexibility index (Phi) is 4.04. The van der Waals surface area contributed by atoms with E-state index in [-0.39, 0.29) is 17.4 Å². The van der Waals surface area contributed by atoms with E-state index in [2.05, 4.69) is 10.1 Å². The molecule has 0 unspecified atom stereocenters. The lowest BCUT2D eigenvalue weighted by atomic mass is 10.1. The summed E-state index contributed by atoms with van der Waals surface area (Å²) in [6, 6.07) is 6.10. The molecule has 0 N–H and O–H groups in total. The van der Waals surface area contributed by atoms with Gasteiger partial charge in [0.25, 0.3) is 5.91 Å². The predicted octanol–water partition coefficient (Wildman–Crippen LogP) is 3.50. The van der Waals surface area contributed by atoms with Crippen molar-refractivity contribution in [3.63, 3.8) is 0 Å². The minimum atomic E-state index is -0.479. The lowest BCUT2D eigenvalue weighted by Crippen LogP contribution is -2.29. The molecule has 1 saturated heterocycles. The minimum Gasteiger partial charge on any atom is -0.339 e. The number of aromatic nitrogens is 2. The molecule has 6 heteroatoms. The van der Waals surface area contributed by atoms with Crippen molar-refractivity contribution in [3.8, 4) is 0 Å². The van der Waals surface area contributed by atoms with Crippen LogP contribution in [0.25, 0.3) is 0 Å². The molecule has 1 aliphatic carbocycles. The summed E-state index contributed by atoms with van der Waals surface area (Å²) < 4.78 is 19.2. The highest BCUT2D eigenvalue weighted by Crippen LogP contribution is 2.34. The Balaban J connectivity index is 1.45. The number of nitrogens with zero attached hydrogens (tertiary/aromatic N) is 3. The number of amides is 1. The number of rotatable bonds is 3. The zero-order valence-corrected chi connectivity index (χ0v) is 13.4. The third-order valence-electron chi connectivity index (χ3n) is 5.11. The molecule has 0 spiro atoms. The number of likely N-dealkylation sites (tertiary alicyclic amines) is 1. The first-order valence-corrected chi connectivity index (χ1v) is 8.59. The number of hydrogen-bond acceptors (Lipinski definition) is 4. The number of benzene rings is 1. The maximum atomic E-state index is 13.8. The molecule has 24 heavy (non-hydrogen) atoms. The van der Waals surface area contributed by atoms with Gasteiger partial charge >= 0.3 is 0 Å². The van der Waals surface area contributed by atoms with Crippen LogP contribution >= 0.6 is 0 Å². The third-order valence-corrected chi connectivity index (χ3v) is 5.11. The SMILES string of the molecule is O=C(c1ccccc1F)N1CC[C@@H](c2nc(C3CCCC3)no2)C1. The van der Waals surface area contributed by atoms with Gasteiger partial charge in [0.15, 0.2) is 5.82 Å². The first-order valence-electron chi connectivity index (χ1n) is 8.59. The van der Waals surface area contributed by atoms with E-state index in [0.717, 1.165) is 25.1 Å². The quantitative estimate of drug-likeness (QED) is 0.865. The first-order chi connectivity index (χ1) is 11.7. The van der Waals surface area contributed by atoms with Gasteiger partial charge in [-0.1, -0.05) is 30.1 Å². The van der Waals surface area contributed by atoms with Crippen LogP contribution in [-0.4, -0.2) is 34.0 Å². The zero-order valence-electron chi connectivity index (χ0n) is 13.4. The normalized spacial score (nSPS) is 21.5. The Morgan fingerprint density at radius 1 is 1.17 bits per heavy atom. The molecular formula is C18H20FN3O2. The van der Waals surface area contributed by atoms with Crippen molar-refractivity contribution in [1.82, 2.24) is 15.0 Å². The van der Waals surface area contributed by atoms with Crippen molar-refractivity contribution >= 4 is 5.91 Å². The standard InChI is InChI=1S/C18H20FN3O2/c19-15-8-4-3-7-14(15)18(23)22-10-9-13(11-22)17-20-16(21-24-17)12-5-1-2-6-12/h3-4,7-8,12-13H,1-2,5-6,9-11H2/t13-/m1/s1. The van der Waals surface area contributed by atoms with Crippen LogP contribution < -0.4 is 0 Å². The second-order valence-electron chi connectivity index (χ2n) is 6.69. The highest BCUT2D eigenvalue weighted by molar-refractivity contribution is 5.94. The van der Waals surface area contributed by atoms with Crippen LogP contribution in [-0.2, 0) is 0 Å². The lowest BCUT2D eigenvalue weighted by Gasteiger charge is -2.16. The highest BCUT2D eigenvalue weighted by Gasteiger charge is 2.33. The molecule has 2 aliphatic rings. The summed E-state index contributed by atoms with van der Waals surface area (Å²) in [5.41, 5.74) is 0.121. The molecule has 1 aromatic carbocycles. The monoisotopic (exact) mass is 329 g/mol. The van der Waals surface area contributed by atoms with Gasteiger partial charge in [0.2, 0.25) is 5.89 Å². The molecule has 0 bridgehead atoms. The fraction of sp³-hybridized carbons (Fsp3) is 0.500. The summed E-state index contributed by atoms with van der Waals surface area (Å²) in [4.78, 5) is 18.7. The predicted molar refractivity (Wildman–Crippen MR) is 85.2 cm³/mol. The molecule has 1 amide bonds. The van der Waals surface area contributed by atoms with E-state index < -0.39 is 5.82 Å². The Hall–Kier alpha value is -2.24. The number of hydrogen-bond donors (Lipinski definition) is 0. The Morgan fingerprint density at radius 2 is 1.96 bits per heavy atom. The van der Waals surface area contributed by atoms with E-state index in [0.29, 0.717) is 24.9 Å². The number of carbonyl (C=O) groups is 1. The van der Waals surface area contributed by atoms with Crippen molar-refractivity contribution in [2.75, 3.05) is 13.1 Å². The van der Waals surface area contributed by atoms with E-state index in [4.69, 9.17) is 4.52 Å². The molecule has 126 valence electrons. The summed E-state index contributed by atoms with van der Waals surface area (Å²) in [7, 11) is 0. The summed E-state index contributed by atoms with van der Waals surface area (Å²) in [6.45, 7) is 1.08. The van der Waals surface area contributed by atoms with Gasteiger partial charge in [0.1, 0.15) is 5.82 Å². The van der Waals surface area contributed by atoms with Crippen LogP contribution in [0.2, 0.25) is 0 Å². The van der Waals surface area contributed by atoms with Crippen LogP contribution in [0.3, 0.4) is 0 Å². The minimum absolute atomic E-state index is 0.0448. The molecule has 5 nitrogen and oxygen atoms in total. The average molecular weight is 329 g/mol. The lowest BCUT2D eigenvalue weighted by molar-refractivity contribution is 0.0785. The molecule has 2 aromatic rings. The summed E-state index contributed by atoms with van der Waals surface area (Å²) in [6.07, 6.45) is 5.47. The van der Waals surface area contributed by atoms with Crippen molar-refractivity contribution in [2.24, 2.45) is 0 Å². The number of halogens is 1.